The highest BCUT2D eigenvalue weighted by molar-refractivity contribution is 7.99. The SMILES string of the molecule is NNc1cc(Sc2ncco2)ccn1. The fourth-order valence-electron chi connectivity index (χ4n) is 0.915. The molecule has 0 radical (unpaired) electrons. The number of rotatable bonds is 3. The van der Waals surface area contributed by atoms with Gasteiger partial charge in [0.15, 0.2) is 0 Å². The molecule has 0 unspecified atom stereocenters. The van der Waals surface area contributed by atoms with E-state index in [0.29, 0.717) is 11.0 Å². The van der Waals surface area contributed by atoms with E-state index < -0.39 is 0 Å². The summed E-state index contributed by atoms with van der Waals surface area (Å²) < 4.78 is 5.09. The first kappa shape index (κ1) is 9.04. The molecule has 14 heavy (non-hydrogen) atoms. The number of anilines is 1. The average Bonchev–Trinajstić information content (AvgIpc) is 2.71. The lowest BCUT2D eigenvalue weighted by Crippen LogP contribution is -2.07. The normalized spacial score (nSPS) is 10.1. The number of nitrogens with zero attached hydrogens (tertiary/aromatic N) is 2. The number of pyridine rings is 1. The Morgan fingerprint density at radius 1 is 1.36 bits per heavy atom. The molecule has 2 heterocycles. The summed E-state index contributed by atoms with van der Waals surface area (Å²) in [4.78, 5) is 8.95. The largest absolute Gasteiger partial charge is 0.440 e. The minimum Gasteiger partial charge on any atom is -0.440 e. The molecule has 0 spiro atoms. The summed E-state index contributed by atoms with van der Waals surface area (Å²) in [6.45, 7) is 0. The predicted molar refractivity (Wildman–Crippen MR) is 52.7 cm³/mol. The molecule has 0 aromatic carbocycles. The van der Waals surface area contributed by atoms with Gasteiger partial charge in [0.05, 0.1) is 6.20 Å². The van der Waals surface area contributed by atoms with Gasteiger partial charge in [0, 0.05) is 11.1 Å². The highest BCUT2D eigenvalue weighted by atomic mass is 32.2. The Bertz CT molecular complexity index is 403. The van der Waals surface area contributed by atoms with Crippen molar-refractivity contribution in [1.82, 2.24) is 9.97 Å². The third-order valence-electron chi connectivity index (χ3n) is 1.49. The van der Waals surface area contributed by atoms with Gasteiger partial charge in [-0.05, 0) is 23.9 Å². The molecule has 2 aromatic rings. The van der Waals surface area contributed by atoms with E-state index in [-0.39, 0.29) is 0 Å². The van der Waals surface area contributed by atoms with Crippen molar-refractivity contribution in [2.24, 2.45) is 5.84 Å². The fourth-order valence-corrected chi connectivity index (χ4v) is 1.63. The molecule has 72 valence electrons. The third kappa shape index (κ3) is 2.04. The van der Waals surface area contributed by atoms with E-state index in [1.165, 1.54) is 18.0 Å². The van der Waals surface area contributed by atoms with E-state index >= 15 is 0 Å². The van der Waals surface area contributed by atoms with Gasteiger partial charge in [-0.15, -0.1) is 0 Å². The smallest absolute Gasteiger partial charge is 0.260 e. The Morgan fingerprint density at radius 3 is 3.00 bits per heavy atom. The second kappa shape index (κ2) is 4.12. The van der Waals surface area contributed by atoms with Crippen LogP contribution in [0.4, 0.5) is 5.82 Å². The van der Waals surface area contributed by atoms with E-state index in [4.69, 9.17) is 10.3 Å². The van der Waals surface area contributed by atoms with E-state index in [1.54, 1.807) is 12.4 Å². The molecule has 2 rings (SSSR count). The van der Waals surface area contributed by atoms with Crippen molar-refractivity contribution >= 4 is 17.6 Å². The van der Waals surface area contributed by atoms with Crippen LogP contribution in [0, 0.1) is 0 Å². The monoisotopic (exact) mass is 208 g/mol. The van der Waals surface area contributed by atoms with Crippen molar-refractivity contribution in [2.45, 2.75) is 10.1 Å². The molecular weight excluding hydrogens is 200 g/mol. The number of oxazole rings is 1. The Labute approximate surface area is 84.7 Å². The lowest BCUT2D eigenvalue weighted by atomic mass is 10.5. The van der Waals surface area contributed by atoms with Crippen molar-refractivity contribution < 1.29 is 4.42 Å². The first-order valence-electron chi connectivity index (χ1n) is 3.88. The second-order valence-corrected chi connectivity index (χ2v) is 3.45. The molecule has 0 aliphatic heterocycles. The van der Waals surface area contributed by atoms with Gasteiger partial charge in [-0.2, -0.15) is 0 Å². The van der Waals surface area contributed by atoms with Crippen LogP contribution in [0.5, 0.6) is 0 Å². The molecule has 6 heteroatoms. The van der Waals surface area contributed by atoms with Crippen LogP contribution in [0.1, 0.15) is 0 Å². The number of nitrogens with two attached hydrogens (primary N) is 1. The third-order valence-corrected chi connectivity index (χ3v) is 2.36. The number of aromatic nitrogens is 2. The fraction of sp³-hybridized carbons (Fsp3) is 0. The van der Waals surface area contributed by atoms with Gasteiger partial charge < -0.3 is 9.84 Å². The number of nitrogen functional groups attached to an aromatic ring is 1. The Kier molecular flexibility index (Phi) is 2.66. The molecule has 0 bridgehead atoms. The maximum absolute atomic E-state index is 5.23. The summed E-state index contributed by atoms with van der Waals surface area (Å²) in [6, 6.07) is 3.67. The zero-order valence-corrected chi connectivity index (χ0v) is 7.99. The van der Waals surface area contributed by atoms with E-state index in [0.717, 1.165) is 4.90 Å². The van der Waals surface area contributed by atoms with Gasteiger partial charge in [0.25, 0.3) is 5.22 Å². The maximum atomic E-state index is 5.23. The zero-order chi connectivity index (χ0) is 9.80. The minimum absolute atomic E-state index is 0.596. The van der Waals surface area contributed by atoms with Crippen LogP contribution in [0.3, 0.4) is 0 Å². The van der Waals surface area contributed by atoms with Crippen LogP contribution < -0.4 is 11.3 Å². The summed E-state index contributed by atoms with van der Waals surface area (Å²) in [5.41, 5.74) is 2.47. The van der Waals surface area contributed by atoms with Crippen LogP contribution in [0.25, 0.3) is 0 Å². The quantitative estimate of drug-likeness (QED) is 0.588. The molecule has 0 saturated carbocycles. The molecular formula is C8H8N4OS. The zero-order valence-electron chi connectivity index (χ0n) is 7.18. The lowest BCUT2D eigenvalue weighted by Gasteiger charge is -2.00. The van der Waals surface area contributed by atoms with E-state index in [1.807, 2.05) is 12.1 Å². The summed E-state index contributed by atoms with van der Waals surface area (Å²) in [5.74, 6) is 5.84. The Morgan fingerprint density at radius 2 is 2.29 bits per heavy atom. The number of hydrogen-bond acceptors (Lipinski definition) is 6. The highest BCUT2D eigenvalue weighted by Gasteiger charge is 2.01. The lowest BCUT2D eigenvalue weighted by molar-refractivity contribution is 0.454. The first-order chi connectivity index (χ1) is 6.88. The van der Waals surface area contributed by atoms with Crippen LogP contribution in [-0.2, 0) is 0 Å². The summed E-state index contributed by atoms with van der Waals surface area (Å²) >= 11 is 1.41. The van der Waals surface area contributed by atoms with Crippen molar-refractivity contribution in [3.63, 3.8) is 0 Å². The summed E-state index contributed by atoms with van der Waals surface area (Å²) in [5, 5.41) is 0.596. The van der Waals surface area contributed by atoms with Gasteiger partial charge in [0.1, 0.15) is 12.1 Å². The van der Waals surface area contributed by atoms with Gasteiger partial charge in [-0.3, -0.25) is 0 Å². The second-order valence-electron chi connectivity index (χ2n) is 2.42. The number of nitrogens with one attached hydrogen (secondary N) is 1. The Balaban J connectivity index is 2.17. The van der Waals surface area contributed by atoms with Gasteiger partial charge in [0.2, 0.25) is 0 Å². The van der Waals surface area contributed by atoms with Crippen molar-refractivity contribution in [3.05, 3.63) is 30.8 Å². The predicted octanol–water partition coefficient (Wildman–Crippen LogP) is 1.51. The molecule has 0 aliphatic rings. The number of hydrazine groups is 1. The van der Waals surface area contributed by atoms with Crippen LogP contribution in [0.2, 0.25) is 0 Å². The summed E-state index contributed by atoms with van der Waals surface area (Å²) in [7, 11) is 0. The van der Waals surface area contributed by atoms with Crippen LogP contribution in [-0.4, -0.2) is 9.97 Å². The Hall–Kier alpha value is -1.53. The highest BCUT2D eigenvalue weighted by Crippen LogP contribution is 2.26. The van der Waals surface area contributed by atoms with E-state index in [9.17, 15) is 0 Å². The molecule has 0 amide bonds. The first-order valence-corrected chi connectivity index (χ1v) is 4.70. The van der Waals surface area contributed by atoms with Gasteiger partial charge in [-0.1, -0.05) is 0 Å². The molecule has 2 aromatic heterocycles. The topological polar surface area (TPSA) is 77.0 Å². The summed E-state index contributed by atoms with van der Waals surface area (Å²) in [6.07, 6.45) is 4.80. The van der Waals surface area contributed by atoms with Crippen molar-refractivity contribution in [1.29, 1.82) is 0 Å². The maximum Gasteiger partial charge on any atom is 0.260 e. The average molecular weight is 208 g/mol. The standard InChI is InChI=1S/C8H8N4OS/c9-12-7-5-6(1-2-10-7)14-8-11-3-4-13-8/h1-5H,9H2,(H,10,12). The molecule has 0 fully saturated rings. The van der Waals surface area contributed by atoms with Crippen LogP contribution in [0.15, 0.2) is 45.3 Å². The van der Waals surface area contributed by atoms with Crippen LogP contribution >= 0.6 is 11.8 Å². The van der Waals surface area contributed by atoms with Gasteiger partial charge >= 0.3 is 0 Å². The molecule has 5 nitrogen and oxygen atoms in total. The van der Waals surface area contributed by atoms with Crippen molar-refractivity contribution in [2.75, 3.05) is 5.43 Å². The molecule has 0 atom stereocenters. The molecule has 0 saturated heterocycles. The van der Waals surface area contributed by atoms with Gasteiger partial charge in [-0.25, -0.2) is 15.8 Å². The molecule has 0 aliphatic carbocycles. The van der Waals surface area contributed by atoms with E-state index in [2.05, 4.69) is 15.4 Å². The minimum atomic E-state index is 0.596. The molecule has 3 N–H and O–H groups in total. The van der Waals surface area contributed by atoms with Crippen molar-refractivity contribution in [3.8, 4) is 0 Å². The number of hydrogen-bond donors (Lipinski definition) is 2.